The Morgan fingerprint density at radius 2 is 2.19 bits per heavy atom. The minimum atomic E-state index is -0.450. The standard InChI is InChI=1S/C16H13FN2O2/c17-14-5-10(7-18)1-2-11(14)8-20-12-3-4-13-15(19)9-21-16(13)6-12/h1-6,15H,8-9,19H2. The number of nitrogens with two attached hydrogens (primary N) is 1. The molecule has 2 aromatic carbocycles. The largest absolute Gasteiger partial charge is 0.491 e. The average Bonchev–Trinajstić information content (AvgIpc) is 2.87. The Kier molecular flexibility index (Phi) is 3.46. The van der Waals surface area contributed by atoms with E-state index < -0.39 is 5.82 Å². The molecule has 0 saturated heterocycles. The molecule has 106 valence electrons. The van der Waals surface area contributed by atoms with Gasteiger partial charge >= 0.3 is 0 Å². The van der Waals surface area contributed by atoms with Gasteiger partial charge in [0.1, 0.15) is 30.5 Å². The molecule has 0 radical (unpaired) electrons. The Morgan fingerprint density at radius 3 is 2.95 bits per heavy atom. The molecule has 0 saturated carbocycles. The number of nitrogens with zero attached hydrogens (tertiary/aromatic N) is 1. The molecule has 0 amide bonds. The number of halogens is 1. The predicted octanol–water partition coefficient (Wildman–Crippen LogP) is 2.67. The van der Waals surface area contributed by atoms with E-state index in [4.69, 9.17) is 20.5 Å². The number of fused-ring (bicyclic) bond motifs is 1. The minimum absolute atomic E-state index is 0.0857. The normalized spacial score (nSPS) is 16.0. The summed E-state index contributed by atoms with van der Waals surface area (Å²) in [5, 5.41) is 8.70. The van der Waals surface area contributed by atoms with Gasteiger partial charge in [0.15, 0.2) is 0 Å². The molecule has 4 nitrogen and oxygen atoms in total. The van der Waals surface area contributed by atoms with Crippen LogP contribution in [0, 0.1) is 17.1 Å². The van der Waals surface area contributed by atoms with Gasteiger partial charge in [0, 0.05) is 17.2 Å². The van der Waals surface area contributed by atoms with Crippen LogP contribution in [-0.4, -0.2) is 6.61 Å². The molecule has 1 heterocycles. The fraction of sp³-hybridized carbons (Fsp3) is 0.188. The first kappa shape index (κ1) is 13.4. The number of benzene rings is 2. The van der Waals surface area contributed by atoms with Crippen molar-refractivity contribution >= 4 is 0 Å². The van der Waals surface area contributed by atoms with Crippen molar-refractivity contribution < 1.29 is 13.9 Å². The van der Waals surface area contributed by atoms with Crippen LogP contribution in [0.15, 0.2) is 36.4 Å². The average molecular weight is 284 g/mol. The van der Waals surface area contributed by atoms with Crippen molar-refractivity contribution in [1.29, 1.82) is 5.26 Å². The number of nitriles is 1. The van der Waals surface area contributed by atoms with Gasteiger partial charge in [-0.2, -0.15) is 5.26 Å². The van der Waals surface area contributed by atoms with Crippen LogP contribution in [0.4, 0.5) is 4.39 Å². The highest BCUT2D eigenvalue weighted by Crippen LogP contribution is 2.34. The second kappa shape index (κ2) is 5.43. The summed E-state index contributed by atoms with van der Waals surface area (Å²) in [5.74, 6) is 0.848. The van der Waals surface area contributed by atoms with E-state index in [-0.39, 0.29) is 18.2 Å². The molecule has 0 aliphatic carbocycles. The zero-order valence-electron chi connectivity index (χ0n) is 11.2. The van der Waals surface area contributed by atoms with E-state index >= 15 is 0 Å². The molecular weight excluding hydrogens is 271 g/mol. The third kappa shape index (κ3) is 2.67. The first-order valence-corrected chi connectivity index (χ1v) is 6.51. The lowest BCUT2D eigenvalue weighted by Gasteiger charge is -2.09. The molecular formula is C16H13FN2O2. The van der Waals surface area contributed by atoms with Gasteiger partial charge in [-0.05, 0) is 24.3 Å². The Balaban J connectivity index is 1.72. The second-order valence-corrected chi connectivity index (χ2v) is 4.82. The van der Waals surface area contributed by atoms with Crippen LogP contribution in [0.3, 0.4) is 0 Å². The van der Waals surface area contributed by atoms with Crippen LogP contribution < -0.4 is 15.2 Å². The third-order valence-corrected chi connectivity index (χ3v) is 3.38. The molecule has 5 heteroatoms. The highest BCUT2D eigenvalue weighted by Gasteiger charge is 2.20. The highest BCUT2D eigenvalue weighted by molar-refractivity contribution is 5.45. The van der Waals surface area contributed by atoms with Crippen molar-refractivity contribution in [2.45, 2.75) is 12.6 Å². The molecule has 0 bridgehead atoms. The van der Waals surface area contributed by atoms with Crippen LogP contribution in [0.1, 0.15) is 22.7 Å². The minimum Gasteiger partial charge on any atom is -0.491 e. The number of hydrogen-bond acceptors (Lipinski definition) is 4. The van der Waals surface area contributed by atoms with Crippen molar-refractivity contribution in [1.82, 2.24) is 0 Å². The summed E-state index contributed by atoms with van der Waals surface area (Å²) in [6, 6.07) is 11.5. The molecule has 21 heavy (non-hydrogen) atoms. The summed E-state index contributed by atoms with van der Waals surface area (Å²) >= 11 is 0. The Bertz CT molecular complexity index is 725. The maximum absolute atomic E-state index is 13.7. The zero-order chi connectivity index (χ0) is 14.8. The molecule has 1 aliphatic heterocycles. The van der Waals surface area contributed by atoms with E-state index in [2.05, 4.69) is 0 Å². The van der Waals surface area contributed by atoms with Crippen LogP contribution in [0.2, 0.25) is 0 Å². The van der Waals surface area contributed by atoms with Crippen molar-refractivity contribution in [3.8, 4) is 17.6 Å². The van der Waals surface area contributed by atoms with Gasteiger partial charge in [-0.1, -0.05) is 6.07 Å². The first-order chi connectivity index (χ1) is 10.2. The third-order valence-electron chi connectivity index (χ3n) is 3.38. The Hall–Kier alpha value is -2.58. The van der Waals surface area contributed by atoms with Gasteiger partial charge in [-0.15, -0.1) is 0 Å². The second-order valence-electron chi connectivity index (χ2n) is 4.82. The van der Waals surface area contributed by atoms with Crippen LogP contribution in [0.5, 0.6) is 11.5 Å². The van der Waals surface area contributed by atoms with Gasteiger partial charge in [0.25, 0.3) is 0 Å². The van der Waals surface area contributed by atoms with Crippen LogP contribution in [0.25, 0.3) is 0 Å². The van der Waals surface area contributed by atoms with Gasteiger partial charge in [0.2, 0.25) is 0 Å². The van der Waals surface area contributed by atoms with Crippen molar-refractivity contribution in [2.75, 3.05) is 6.61 Å². The van der Waals surface area contributed by atoms with E-state index in [1.54, 1.807) is 24.3 Å². The Morgan fingerprint density at radius 1 is 1.33 bits per heavy atom. The SMILES string of the molecule is N#Cc1ccc(COc2ccc3c(c2)OCC3N)c(F)c1. The monoisotopic (exact) mass is 284 g/mol. The molecule has 0 spiro atoms. The quantitative estimate of drug-likeness (QED) is 0.940. The van der Waals surface area contributed by atoms with E-state index in [9.17, 15) is 4.39 Å². The number of hydrogen-bond donors (Lipinski definition) is 1. The van der Waals surface area contributed by atoms with E-state index in [0.717, 1.165) is 5.56 Å². The molecule has 1 unspecified atom stereocenters. The van der Waals surface area contributed by atoms with Gasteiger partial charge in [-0.3, -0.25) is 0 Å². The fourth-order valence-corrected chi connectivity index (χ4v) is 2.20. The first-order valence-electron chi connectivity index (χ1n) is 6.51. The van der Waals surface area contributed by atoms with Crippen LogP contribution in [-0.2, 0) is 6.61 Å². The van der Waals surface area contributed by atoms with Gasteiger partial charge < -0.3 is 15.2 Å². The summed E-state index contributed by atoms with van der Waals surface area (Å²) < 4.78 is 24.7. The molecule has 1 aliphatic rings. The van der Waals surface area contributed by atoms with Crippen LogP contribution >= 0.6 is 0 Å². The fourth-order valence-electron chi connectivity index (χ4n) is 2.20. The molecule has 0 fully saturated rings. The molecule has 2 N–H and O–H groups in total. The molecule has 0 aromatic heterocycles. The van der Waals surface area contributed by atoms with Gasteiger partial charge in [0.05, 0.1) is 17.7 Å². The lowest BCUT2D eigenvalue weighted by atomic mass is 10.1. The van der Waals surface area contributed by atoms with E-state index in [1.807, 2.05) is 12.1 Å². The summed E-state index contributed by atoms with van der Waals surface area (Å²) in [4.78, 5) is 0. The molecule has 3 rings (SSSR count). The summed E-state index contributed by atoms with van der Waals surface area (Å²) in [6.07, 6.45) is 0. The Labute approximate surface area is 121 Å². The lowest BCUT2D eigenvalue weighted by Crippen LogP contribution is -2.10. The summed E-state index contributed by atoms with van der Waals surface area (Å²) in [7, 11) is 0. The maximum atomic E-state index is 13.7. The summed E-state index contributed by atoms with van der Waals surface area (Å²) in [6.45, 7) is 0.547. The maximum Gasteiger partial charge on any atom is 0.131 e. The number of rotatable bonds is 3. The van der Waals surface area contributed by atoms with Crippen molar-refractivity contribution in [3.05, 3.63) is 58.9 Å². The summed E-state index contributed by atoms with van der Waals surface area (Å²) in [5.41, 5.74) is 7.50. The van der Waals surface area contributed by atoms with Gasteiger partial charge in [-0.25, -0.2) is 4.39 Å². The van der Waals surface area contributed by atoms with E-state index in [0.29, 0.717) is 23.7 Å². The number of ether oxygens (including phenoxy) is 2. The smallest absolute Gasteiger partial charge is 0.131 e. The molecule has 1 atom stereocenters. The predicted molar refractivity (Wildman–Crippen MR) is 74.3 cm³/mol. The molecule has 2 aromatic rings. The zero-order valence-corrected chi connectivity index (χ0v) is 11.2. The highest BCUT2D eigenvalue weighted by atomic mass is 19.1. The van der Waals surface area contributed by atoms with Crippen molar-refractivity contribution in [3.63, 3.8) is 0 Å². The van der Waals surface area contributed by atoms with Crippen molar-refractivity contribution in [2.24, 2.45) is 5.73 Å². The topological polar surface area (TPSA) is 68.3 Å². The lowest BCUT2D eigenvalue weighted by molar-refractivity contribution is 0.295. The van der Waals surface area contributed by atoms with E-state index in [1.165, 1.54) is 6.07 Å².